The van der Waals surface area contributed by atoms with Gasteiger partial charge in [-0.05, 0) is 12.8 Å². The molecule has 0 saturated carbocycles. The molecule has 0 bridgehead atoms. The first kappa shape index (κ1) is 30.5. The topological polar surface area (TPSA) is 0 Å². The Morgan fingerprint density at radius 2 is 0.667 bits per heavy atom. The first-order valence-corrected chi connectivity index (χ1v) is 3.63. The van der Waals surface area contributed by atoms with Crippen molar-refractivity contribution >= 4 is 95.9 Å². The SMILES string of the molecule is C1=CCC=C1.C1=CCC=C1.I.I.I.I.[Ru]. The Bertz CT molecular complexity index is 156. The molecular formula is C10H16I4Ru. The molecule has 0 spiro atoms. The van der Waals surface area contributed by atoms with E-state index in [9.17, 15) is 0 Å². The van der Waals surface area contributed by atoms with Crippen LogP contribution in [0, 0.1) is 0 Å². The van der Waals surface area contributed by atoms with Gasteiger partial charge in [0.05, 0.1) is 0 Å². The van der Waals surface area contributed by atoms with Crippen molar-refractivity contribution in [2.75, 3.05) is 0 Å². The molecule has 0 atom stereocenters. The van der Waals surface area contributed by atoms with Crippen molar-refractivity contribution in [3.63, 3.8) is 0 Å². The summed E-state index contributed by atoms with van der Waals surface area (Å²) in [5, 5.41) is 0. The van der Waals surface area contributed by atoms with E-state index in [-0.39, 0.29) is 115 Å². The first-order chi connectivity index (χ1) is 5.00. The fourth-order valence-electron chi connectivity index (χ4n) is 0.786. The number of hydrogen-bond acceptors (Lipinski definition) is 0. The van der Waals surface area contributed by atoms with Crippen molar-refractivity contribution in [1.82, 2.24) is 0 Å². The Labute approximate surface area is 174 Å². The van der Waals surface area contributed by atoms with Gasteiger partial charge in [-0.3, -0.25) is 0 Å². The largest absolute Gasteiger partial charge is 0.107 e. The fourth-order valence-corrected chi connectivity index (χ4v) is 0.786. The van der Waals surface area contributed by atoms with E-state index in [4.69, 9.17) is 0 Å². The number of halogens is 4. The van der Waals surface area contributed by atoms with Crippen LogP contribution in [-0.4, -0.2) is 0 Å². The minimum atomic E-state index is 0. The number of hydrogen-bond donors (Lipinski definition) is 0. The van der Waals surface area contributed by atoms with E-state index in [1.807, 2.05) is 0 Å². The molecule has 0 fully saturated rings. The smallest absolute Gasteiger partial charge is 0 e. The molecule has 15 heavy (non-hydrogen) atoms. The summed E-state index contributed by atoms with van der Waals surface area (Å²) in [6.07, 6.45) is 19.0. The molecule has 0 aromatic rings. The second-order valence-electron chi connectivity index (χ2n) is 2.18. The summed E-state index contributed by atoms with van der Waals surface area (Å²) in [7, 11) is 0. The second kappa shape index (κ2) is 25.4. The predicted octanol–water partition coefficient (Wildman–Crippen LogP) is 5.47. The van der Waals surface area contributed by atoms with Gasteiger partial charge in [-0.2, -0.15) is 0 Å². The normalized spacial score (nSPS) is 11.7. The molecule has 2 rings (SSSR count). The minimum absolute atomic E-state index is 0. The summed E-state index contributed by atoms with van der Waals surface area (Å²) >= 11 is 0. The Morgan fingerprint density at radius 3 is 0.733 bits per heavy atom. The molecule has 0 N–H and O–H groups in total. The molecule has 2 aliphatic carbocycles. The Morgan fingerprint density at radius 1 is 0.467 bits per heavy atom. The van der Waals surface area contributed by atoms with Gasteiger partial charge in [-0.15, -0.1) is 95.9 Å². The molecule has 92 valence electrons. The van der Waals surface area contributed by atoms with Gasteiger partial charge in [0.2, 0.25) is 0 Å². The third-order valence-corrected chi connectivity index (χ3v) is 1.31. The van der Waals surface area contributed by atoms with Gasteiger partial charge in [-0.25, -0.2) is 0 Å². The summed E-state index contributed by atoms with van der Waals surface area (Å²) in [6.45, 7) is 0. The fraction of sp³-hybridized carbons (Fsp3) is 0.200. The number of allylic oxidation sites excluding steroid dienone is 8. The molecule has 0 aromatic carbocycles. The quantitative estimate of drug-likeness (QED) is 0.228. The zero-order valence-electron chi connectivity index (χ0n) is 8.02. The van der Waals surface area contributed by atoms with Gasteiger partial charge in [0, 0.05) is 19.5 Å². The molecule has 0 unspecified atom stereocenters. The van der Waals surface area contributed by atoms with Crippen LogP contribution in [0.4, 0.5) is 0 Å². The summed E-state index contributed by atoms with van der Waals surface area (Å²) in [4.78, 5) is 0. The third kappa shape index (κ3) is 22.2. The van der Waals surface area contributed by atoms with Gasteiger partial charge in [-0.1, -0.05) is 48.6 Å². The molecule has 2 aliphatic rings. The molecule has 0 nitrogen and oxygen atoms in total. The van der Waals surface area contributed by atoms with Crippen molar-refractivity contribution in [3.05, 3.63) is 48.6 Å². The predicted molar refractivity (Wildman–Crippen MR) is 107 cm³/mol. The van der Waals surface area contributed by atoms with Crippen LogP contribution in [0.1, 0.15) is 12.8 Å². The summed E-state index contributed by atoms with van der Waals surface area (Å²) < 4.78 is 0. The molecule has 0 saturated heterocycles. The molecule has 0 aromatic heterocycles. The van der Waals surface area contributed by atoms with E-state index >= 15 is 0 Å². The van der Waals surface area contributed by atoms with Crippen molar-refractivity contribution in [2.24, 2.45) is 0 Å². The van der Waals surface area contributed by atoms with Crippen LogP contribution in [0.2, 0.25) is 0 Å². The number of rotatable bonds is 0. The van der Waals surface area contributed by atoms with Crippen LogP contribution in [0.5, 0.6) is 0 Å². The van der Waals surface area contributed by atoms with Gasteiger partial charge >= 0.3 is 0 Å². The Kier molecular flexibility index (Phi) is 51.6. The molecule has 0 radical (unpaired) electrons. The second-order valence-corrected chi connectivity index (χ2v) is 2.18. The average Bonchev–Trinajstić information content (AvgIpc) is 2.67. The maximum Gasteiger partial charge on any atom is 0 e. The van der Waals surface area contributed by atoms with Crippen LogP contribution in [0.3, 0.4) is 0 Å². The van der Waals surface area contributed by atoms with E-state index in [2.05, 4.69) is 48.6 Å². The van der Waals surface area contributed by atoms with E-state index in [0.717, 1.165) is 12.8 Å². The van der Waals surface area contributed by atoms with Crippen LogP contribution >= 0.6 is 95.9 Å². The summed E-state index contributed by atoms with van der Waals surface area (Å²) in [5.74, 6) is 0. The standard InChI is InChI=1S/2C5H6.4HI.Ru/c2*1-2-4-5-3-1;;;;;/h2*1-4H,5H2;4*1H;. The van der Waals surface area contributed by atoms with Crippen molar-refractivity contribution in [3.8, 4) is 0 Å². The van der Waals surface area contributed by atoms with E-state index in [1.165, 1.54) is 0 Å². The van der Waals surface area contributed by atoms with Crippen LogP contribution < -0.4 is 0 Å². The zero-order chi connectivity index (χ0) is 7.07. The minimum Gasteiger partial charge on any atom is -0.107 e. The monoisotopic (exact) mass is 746 g/mol. The van der Waals surface area contributed by atoms with E-state index in [1.54, 1.807) is 0 Å². The molecule has 5 heteroatoms. The maximum atomic E-state index is 2.12. The third-order valence-electron chi connectivity index (χ3n) is 1.31. The molecular weight excluding hydrogens is 729 g/mol. The van der Waals surface area contributed by atoms with Crippen LogP contribution in [0.15, 0.2) is 48.6 Å². The van der Waals surface area contributed by atoms with Crippen molar-refractivity contribution < 1.29 is 19.5 Å². The molecule has 0 aliphatic heterocycles. The van der Waals surface area contributed by atoms with Crippen molar-refractivity contribution in [2.45, 2.75) is 12.8 Å². The molecule has 0 heterocycles. The maximum absolute atomic E-state index is 2.12. The van der Waals surface area contributed by atoms with Gasteiger partial charge in [0.15, 0.2) is 0 Å². The van der Waals surface area contributed by atoms with Gasteiger partial charge in [0.1, 0.15) is 0 Å². The summed E-state index contributed by atoms with van der Waals surface area (Å²) in [6, 6.07) is 0. The van der Waals surface area contributed by atoms with Gasteiger partial charge < -0.3 is 0 Å². The molecule has 0 amide bonds. The average molecular weight is 745 g/mol. The van der Waals surface area contributed by atoms with Crippen LogP contribution in [-0.2, 0) is 19.5 Å². The van der Waals surface area contributed by atoms with Crippen LogP contribution in [0.25, 0.3) is 0 Å². The Balaban J connectivity index is -0.0000000333. The van der Waals surface area contributed by atoms with E-state index in [0.29, 0.717) is 0 Å². The first-order valence-electron chi connectivity index (χ1n) is 3.63. The zero-order valence-corrected chi connectivity index (χ0v) is 19.1. The van der Waals surface area contributed by atoms with E-state index < -0.39 is 0 Å². The Hall–Kier alpha value is 2.50. The van der Waals surface area contributed by atoms with Crippen molar-refractivity contribution in [1.29, 1.82) is 0 Å². The summed E-state index contributed by atoms with van der Waals surface area (Å²) in [5.41, 5.74) is 0. The van der Waals surface area contributed by atoms with Gasteiger partial charge in [0.25, 0.3) is 0 Å².